The Kier molecular flexibility index (Phi) is 4.30. The number of nitrogens with one attached hydrogen (secondary N) is 1. The van der Waals surface area contributed by atoms with Gasteiger partial charge in [0.1, 0.15) is 0 Å². The van der Waals surface area contributed by atoms with Gasteiger partial charge in [-0.25, -0.2) is 0 Å². The largest absolute Gasteiger partial charge is 0.398 e. The fourth-order valence-electron chi connectivity index (χ4n) is 1.54. The molecule has 0 aromatic carbocycles. The predicted octanol–water partition coefficient (Wildman–Crippen LogP) is 2.23. The molecule has 0 aliphatic heterocycles. The quantitative estimate of drug-likeness (QED) is 0.819. The number of nitrogens with two attached hydrogens (primary N) is 1. The molecule has 0 spiro atoms. The third-order valence-corrected chi connectivity index (χ3v) is 2.49. The van der Waals surface area contributed by atoms with Gasteiger partial charge in [-0.1, -0.05) is 6.92 Å². The van der Waals surface area contributed by atoms with Crippen molar-refractivity contribution in [1.29, 1.82) is 0 Å². The van der Waals surface area contributed by atoms with Crippen LogP contribution in [-0.2, 0) is 6.42 Å². The van der Waals surface area contributed by atoms with Crippen LogP contribution >= 0.6 is 0 Å². The maximum atomic E-state index is 5.89. The molecule has 1 unspecified atom stereocenters. The van der Waals surface area contributed by atoms with Crippen molar-refractivity contribution in [3.63, 3.8) is 0 Å². The smallest absolute Gasteiger partial charge is 0.0377 e. The van der Waals surface area contributed by atoms with E-state index in [1.165, 1.54) is 0 Å². The van der Waals surface area contributed by atoms with Gasteiger partial charge in [0.05, 0.1) is 0 Å². The Morgan fingerprint density at radius 1 is 1.44 bits per heavy atom. The number of hydrogen-bond acceptors (Lipinski definition) is 3. The SMILES string of the molecule is CC(CNC(C)(C)C)Cc1cnccc1N. The van der Waals surface area contributed by atoms with Gasteiger partial charge in [-0.05, 0) is 51.3 Å². The summed E-state index contributed by atoms with van der Waals surface area (Å²) in [5.41, 5.74) is 8.05. The van der Waals surface area contributed by atoms with Gasteiger partial charge in [0.2, 0.25) is 0 Å². The standard InChI is InChI=1S/C13H23N3/c1-10(8-16-13(2,3)4)7-11-9-15-6-5-12(11)14/h5-6,9-10,16H,7-8H2,1-4H3,(H2,14,15). The number of hydrogen-bond donors (Lipinski definition) is 2. The number of nitrogen functional groups attached to an aromatic ring is 1. The monoisotopic (exact) mass is 221 g/mol. The molecule has 0 aliphatic carbocycles. The molecule has 3 N–H and O–H groups in total. The second kappa shape index (κ2) is 5.30. The number of anilines is 1. The molecule has 3 heteroatoms. The molecule has 0 radical (unpaired) electrons. The lowest BCUT2D eigenvalue weighted by Crippen LogP contribution is -2.39. The van der Waals surface area contributed by atoms with Crippen molar-refractivity contribution < 1.29 is 0 Å². The summed E-state index contributed by atoms with van der Waals surface area (Å²) in [5.74, 6) is 0.561. The molecule has 0 bridgehead atoms. The Hall–Kier alpha value is -1.09. The van der Waals surface area contributed by atoms with Gasteiger partial charge in [0.15, 0.2) is 0 Å². The maximum Gasteiger partial charge on any atom is 0.0377 e. The summed E-state index contributed by atoms with van der Waals surface area (Å²) < 4.78 is 0. The van der Waals surface area contributed by atoms with Crippen LogP contribution in [0.2, 0.25) is 0 Å². The first-order valence-electron chi connectivity index (χ1n) is 5.82. The van der Waals surface area contributed by atoms with Crippen molar-refractivity contribution in [2.45, 2.75) is 39.7 Å². The average Bonchev–Trinajstić information content (AvgIpc) is 2.18. The van der Waals surface area contributed by atoms with Crippen LogP contribution in [0.4, 0.5) is 5.69 Å². The molecule has 0 aliphatic rings. The molecule has 1 aromatic rings. The van der Waals surface area contributed by atoms with Crippen LogP contribution < -0.4 is 11.1 Å². The zero-order valence-electron chi connectivity index (χ0n) is 10.7. The van der Waals surface area contributed by atoms with Gasteiger partial charge in [0.25, 0.3) is 0 Å². The van der Waals surface area contributed by atoms with Crippen LogP contribution in [0, 0.1) is 5.92 Å². The summed E-state index contributed by atoms with van der Waals surface area (Å²) in [5, 5.41) is 3.50. The van der Waals surface area contributed by atoms with Crippen LogP contribution in [0.5, 0.6) is 0 Å². The Bertz CT molecular complexity index is 328. The predicted molar refractivity (Wildman–Crippen MR) is 69.3 cm³/mol. The van der Waals surface area contributed by atoms with Crippen molar-refractivity contribution in [1.82, 2.24) is 10.3 Å². The second-order valence-corrected chi connectivity index (χ2v) is 5.51. The van der Waals surface area contributed by atoms with E-state index in [2.05, 4.69) is 38.0 Å². The van der Waals surface area contributed by atoms with Gasteiger partial charge < -0.3 is 11.1 Å². The van der Waals surface area contributed by atoms with E-state index in [-0.39, 0.29) is 5.54 Å². The average molecular weight is 221 g/mol. The van der Waals surface area contributed by atoms with Crippen LogP contribution in [0.3, 0.4) is 0 Å². The summed E-state index contributed by atoms with van der Waals surface area (Å²) in [6, 6.07) is 1.86. The summed E-state index contributed by atoms with van der Waals surface area (Å²) in [6.45, 7) is 9.76. The maximum absolute atomic E-state index is 5.89. The van der Waals surface area contributed by atoms with Crippen molar-refractivity contribution in [2.75, 3.05) is 12.3 Å². The zero-order valence-corrected chi connectivity index (χ0v) is 10.7. The minimum absolute atomic E-state index is 0.175. The van der Waals surface area contributed by atoms with Crippen LogP contribution in [0.25, 0.3) is 0 Å². The number of rotatable bonds is 4. The molecule has 1 heterocycles. The molecule has 1 aromatic heterocycles. The molecule has 1 rings (SSSR count). The first-order valence-corrected chi connectivity index (χ1v) is 5.82. The van der Waals surface area contributed by atoms with Crippen molar-refractivity contribution >= 4 is 5.69 Å². The third kappa shape index (κ3) is 4.62. The first kappa shape index (κ1) is 13.0. The van der Waals surface area contributed by atoms with E-state index < -0.39 is 0 Å². The molecule has 0 amide bonds. The summed E-state index contributed by atoms with van der Waals surface area (Å²) >= 11 is 0. The molecule has 16 heavy (non-hydrogen) atoms. The highest BCUT2D eigenvalue weighted by Crippen LogP contribution is 2.14. The number of aromatic nitrogens is 1. The number of nitrogens with zero attached hydrogens (tertiary/aromatic N) is 1. The van der Waals surface area contributed by atoms with Gasteiger partial charge >= 0.3 is 0 Å². The summed E-state index contributed by atoms with van der Waals surface area (Å²) in [6.07, 6.45) is 4.57. The Balaban J connectivity index is 2.46. The molecule has 0 saturated heterocycles. The van der Waals surface area contributed by atoms with E-state index in [0.29, 0.717) is 5.92 Å². The highest BCUT2D eigenvalue weighted by Gasteiger charge is 2.12. The van der Waals surface area contributed by atoms with Crippen LogP contribution in [-0.4, -0.2) is 17.1 Å². The Morgan fingerprint density at radius 3 is 2.69 bits per heavy atom. The minimum atomic E-state index is 0.175. The summed E-state index contributed by atoms with van der Waals surface area (Å²) in [4.78, 5) is 4.11. The van der Waals surface area contributed by atoms with Gasteiger partial charge in [0, 0.05) is 23.6 Å². The second-order valence-electron chi connectivity index (χ2n) is 5.51. The highest BCUT2D eigenvalue weighted by atomic mass is 14.9. The van der Waals surface area contributed by atoms with Gasteiger partial charge in [-0.3, -0.25) is 4.98 Å². The van der Waals surface area contributed by atoms with E-state index in [1.807, 2.05) is 12.3 Å². The topological polar surface area (TPSA) is 50.9 Å². The van der Waals surface area contributed by atoms with E-state index >= 15 is 0 Å². The van der Waals surface area contributed by atoms with E-state index in [9.17, 15) is 0 Å². The lowest BCUT2D eigenvalue weighted by Gasteiger charge is -2.23. The fourth-order valence-corrected chi connectivity index (χ4v) is 1.54. The highest BCUT2D eigenvalue weighted by molar-refractivity contribution is 5.44. The van der Waals surface area contributed by atoms with E-state index in [1.54, 1.807) is 6.20 Å². The van der Waals surface area contributed by atoms with Crippen LogP contribution in [0.15, 0.2) is 18.5 Å². The van der Waals surface area contributed by atoms with Crippen molar-refractivity contribution in [2.24, 2.45) is 5.92 Å². The van der Waals surface area contributed by atoms with Crippen molar-refractivity contribution in [3.8, 4) is 0 Å². The molecule has 1 atom stereocenters. The van der Waals surface area contributed by atoms with Crippen LogP contribution in [0.1, 0.15) is 33.3 Å². The number of pyridine rings is 1. The van der Waals surface area contributed by atoms with Gasteiger partial charge in [-0.2, -0.15) is 0 Å². The normalized spacial score (nSPS) is 13.8. The fraction of sp³-hybridized carbons (Fsp3) is 0.615. The molecular weight excluding hydrogens is 198 g/mol. The molecule has 3 nitrogen and oxygen atoms in total. The lowest BCUT2D eigenvalue weighted by molar-refractivity contribution is 0.381. The van der Waals surface area contributed by atoms with E-state index in [0.717, 1.165) is 24.2 Å². The third-order valence-electron chi connectivity index (χ3n) is 2.49. The van der Waals surface area contributed by atoms with E-state index in [4.69, 9.17) is 5.73 Å². The Labute approximate surface area is 98.5 Å². The molecule has 90 valence electrons. The molecular formula is C13H23N3. The first-order chi connectivity index (χ1) is 7.38. The molecule has 0 fully saturated rings. The molecule has 0 saturated carbocycles. The van der Waals surface area contributed by atoms with Crippen molar-refractivity contribution in [3.05, 3.63) is 24.0 Å². The minimum Gasteiger partial charge on any atom is -0.398 e. The van der Waals surface area contributed by atoms with Gasteiger partial charge in [-0.15, -0.1) is 0 Å². The Morgan fingerprint density at radius 2 is 2.12 bits per heavy atom. The lowest BCUT2D eigenvalue weighted by atomic mass is 10.00. The summed E-state index contributed by atoms with van der Waals surface area (Å²) in [7, 11) is 0. The zero-order chi connectivity index (χ0) is 12.2.